The summed E-state index contributed by atoms with van der Waals surface area (Å²) in [6.45, 7) is 0. The molecule has 0 unspecified atom stereocenters. The van der Waals surface area contributed by atoms with Gasteiger partial charge in [0.25, 0.3) is 0 Å². The van der Waals surface area contributed by atoms with Crippen LogP contribution in [0.25, 0.3) is 0 Å². The van der Waals surface area contributed by atoms with Gasteiger partial charge in [0.15, 0.2) is 0 Å². The van der Waals surface area contributed by atoms with Gasteiger partial charge in [-0.1, -0.05) is 0 Å². The molecule has 0 aliphatic rings. The molecule has 0 aliphatic carbocycles. The molecule has 1 aromatic rings. The number of hydrogen-bond acceptors (Lipinski definition) is 2. The van der Waals surface area contributed by atoms with Gasteiger partial charge in [-0.3, -0.25) is 5.10 Å². The summed E-state index contributed by atoms with van der Waals surface area (Å²) < 4.78 is 0. The van der Waals surface area contributed by atoms with Crippen molar-refractivity contribution >= 4 is 28.9 Å². The maximum absolute atomic E-state index is 5.14. The Kier molecular flexibility index (Phi) is 2.78. The second kappa shape index (κ2) is 2.87. The minimum Gasteiger partial charge on any atom is -0.382 e. The highest BCUT2D eigenvalue weighted by Crippen LogP contribution is 1.86. The summed E-state index contributed by atoms with van der Waals surface area (Å²) in [6.07, 6.45) is 1.68. The van der Waals surface area contributed by atoms with Gasteiger partial charge in [0, 0.05) is 6.20 Å². The first-order valence-electron chi connectivity index (χ1n) is 1.65. The zero-order valence-corrected chi connectivity index (χ0v) is 3.18. The molecule has 3 N–H and O–H groups in total. The Hall–Kier alpha value is -0.224. The monoisotopic (exact) mass is 109 g/mol. The SMILES string of the molecule is Nc1cc[nH]n1.[MgH2]. The van der Waals surface area contributed by atoms with Gasteiger partial charge in [-0.05, 0) is 6.07 Å². The number of aromatic nitrogens is 2. The van der Waals surface area contributed by atoms with Crippen molar-refractivity contribution in [2.24, 2.45) is 0 Å². The van der Waals surface area contributed by atoms with Crippen LogP contribution in [0.15, 0.2) is 12.3 Å². The van der Waals surface area contributed by atoms with Crippen LogP contribution in [0.5, 0.6) is 0 Å². The first kappa shape index (κ1) is 6.78. The van der Waals surface area contributed by atoms with Gasteiger partial charge in [-0.15, -0.1) is 0 Å². The van der Waals surface area contributed by atoms with E-state index in [9.17, 15) is 0 Å². The fraction of sp³-hybridized carbons (Fsp3) is 0. The molecule has 0 radical (unpaired) electrons. The van der Waals surface area contributed by atoms with E-state index in [4.69, 9.17) is 5.73 Å². The van der Waals surface area contributed by atoms with Gasteiger partial charge >= 0.3 is 23.1 Å². The Morgan fingerprint density at radius 2 is 2.43 bits per heavy atom. The van der Waals surface area contributed by atoms with Crippen molar-refractivity contribution in [1.29, 1.82) is 0 Å². The van der Waals surface area contributed by atoms with Crippen LogP contribution in [0.2, 0.25) is 0 Å². The van der Waals surface area contributed by atoms with Crippen LogP contribution >= 0.6 is 0 Å². The van der Waals surface area contributed by atoms with E-state index in [0.717, 1.165) is 0 Å². The molecule has 0 atom stereocenters. The summed E-state index contributed by atoms with van der Waals surface area (Å²) in [5, 5.41) is 6.12. The Bertz CT molecular complexity index is 114. The Morgan fingerprint density at radius 1 is 1.71 bits per heavy atom. The van der Waals surface area contributed by atoms with Crippen molar-refractivity contribution < 1.29 is 0 Å². The van der Waals surface area contributed by atoms with E-state index in [-0.39, 0.29) is 23.1 Å². The summed E-state index contributed by atoms with van der Waals surface area (Å²) in [6, 6.07) is 1.69. The zero-order valence-electron chi connectivity index (χ0n) is 3.18. The Balaban J connectivity index is 0.000000360. The van der Waals surface area contributed by atoms with Crippen LogP contribution in [0.1, 0.15) is 0 Å². The first-order chi connectivity index (χ1) is 2.89. The van der Waals surface area contributed by atoms with Crippen LogP contribution < -0.4 is 5.73 Å². The average molecular weight is 109 g/mol. The Labute approximate surface area is 57.4 Å². The third-order valence-electron chi connectivity index (χ3n) is 0.522. The highest BCUT2D eigenvalue weighted by Gasteiger charge is 1.75. The molecule has 0 fully saturated rings. The van der Waals surface area contributed by atoms with E-state index >= 15 is 0 Å². The quantitative estimate of drug-likeness (QED) is 0.423. The highest BCUT2D eigenvalue weighted by atomic mass is 24.3. The second-order valence-electron chi connectivity index (χ2n) is 0.999. The lowest BCUT2D eigenvalue weighted by Gasteiger charge is -1.67. The number of rotatable bonds is 0. The van der Waals surface area contributed by atoms with Crippen molar-refractivity contribution in [3.63, 3.8) is 0 Å². The zero-order chi connectivity index (χ0) is 4.41. The molecule has 3 nitrogen and oxygen atoms in total. The van der Waals surface area contributed by atoms with E-state index in [2.05, 4.69) is 10.2 Å². The molecule has 1 heterocycles. The number of nitrogens with one attached hydrogen (secondary N) is 1. The number of nitrogen functional groups attached to an aromatic ring is 1. The smallest absolute Gasteiger partial charge is 0.316 e. The summed E-state index contributed by atoms with van der Waals surface area (Å²) in [5.41, 5.74) is 5.14. The van der Waals surface area contributed by atoms with Gasteiger partial charge in [-0.2, -0.15) is 5.10 Å². The van der Waals surface area contributed by atoms with Crippen LogP contribution in [-0.2, 0) is 0 Å². The van der Waals surface area contributed by atoms with Gasteiger partial charge in [0.05, 0.1) is 0 Å². The predicted molar refractivity (Wildman–Crippen MR) is 31.5 cm³/mol. The first-order valence-corrected chi connectivity index (χ1v) is 1.65. The standard InChI is InChI=1S/C3H5N3.Mg.2H/c4-3-1-2-5-6-3;;;/h1-2H,(H3,4,5,6);;;. The molecule has 1 aromatic heterocycles. The predicted octanol–water partition coefficient (Wildman–Crippen LogP) is -0.924. The lowest BCUT2D eigenvalue weighted by Crippen LogP contribution is -1.81. The molecule has 0 aromatic carbocycles. The van der Waals surface area contributed by atoms with E-state index in [1.807, 2.05) is 0 Å². The maximum atomic E-state index is 5.14. The van der Waals surface area contributed by atoms with Crippen molar-refractivity contribution in [3.8, 4) is 0 Å². The number of nitrogens with two attached hydrogens (primary N) is 1. The normalized spacial score (nSPS) is 7.43. The summed E-state index contributed by atoms with van der Waals surface area (Å²) >= 11 is 0. The molecular formula is C3H7MgN3. The molecule has 0 aliphatic heterocycles. The minimum absolute atomic E-state index is 0. The topological polar surface area (TPSA) is 54.7 Å². The third-order valence-corrected chi connectivity index (χ3v) is 0.522. The maximum Gasteiger partial charge on any atom is 0.316 e. The van der Waals surface area contributed by atoms with Crippen LogP contribution in [-0.4, -0.2) is 33.3 Å². The molecule has 0 bridgehead atoms. The van der Waals surface area contributed by atoms with Crippen molar-refractivity contribution in [3.05, 3.63) is 12.3 Å². The molecule has 0 saturated heterocycles. The van der Waals surface area contributed by atoms with Crippen LogP contribution in [0, 0.1) is 0 Å². The highest BCUT2D eigenvalue weighted by molar-refractivity contribution is 5.75. The van der Waals surface area contributed by atoms with E-state index in [1.165, 1.54) is 0 Å². The largest absolute Gasteiger partial charge is 0.382 e. The van der Waals surface area contributed by atoms with E-state index in [1.54, 1.807) is 12.3 Å². The molecular weight excluding hydrogens is 102 g/mol. The summed E-state index contributed by atoms with van der Waals surface area (Å²) in [4.78, 5) is 0. The second-order valence-corrected chi connectivity index (χ2v) is 0.999. The molecule has 1 rings (SSSR count). The molecule has 4 heteroatoms. The average Bonchev–Trinajstić information content (AvgIpc) is 1.86. The number of anilines is 1. The third kappa shape index (κ3) is 1.79. The van der Waals surface area contributed by atoms with Gasteiger partial charge < -0.3 is 5.73 Å². The lowest BCUT2D eigenvalue weighted by molar-refractivity contribution is 1.10. The van der Waals surface area contributed by atoms with E-state index in [0.29, 0.717) is 5.82 Å². The molecule has 0 amide bonds. The van der Waals surface area contributed by atoms with E-state index < -0.39 is 0 Å². The van der Waals surface area contributed by atoms with Crippen LogP contribution in [0.4, 0.5) is 5.82 Å². The molecule has 7 heavy (non-hydrogen) atoms. The fourth-order valence-corrected chi connectivity index (χ4v) is 0.272. The number of nitrogens with zero attached hydrogens (tertiary/aromatic N) is 1. The number of H-pyrrole nitrogens is 1. The fourth-order valence-electron chi connectivity index (χ4n) is 0.272. The minimum atomic E-state index is 0. The molecule has 36 valence electrons. The van der Waals surface area contributed by atoms with Crippen LogP contribution in [0.3, 0.4) is 0 Å². The number of hydrogen-bond donors (Lipinski definition) is 2. The Morgan fingerprint density at radius 3 is 2.57 bits per heavy atom. The van der Waals surface area contributed by atoms with Gasteiger partial charge in [0.1, 0.15) is 5.82 Å². The van der Waals surface area contributed by atoms with Crippen molar-refractivity contribution in [2.75, 3.05) is 5.73 Å². The number of aromatic amines is 1. The van der Waals surface area contributed by atoms with Gasteiger partial charge in [0.2, 0.25) is 0 Å². The summed E-state index contributed by atoms with van der Waals surface area (Å²) in [7, 11) is 0. The molecule has 0 saturated carbocycles. The van der Waals surface area contributed by atoms with Gasteiger partial charge in [-0.25, -0.2) is 0 Å². The lowest BCUT2D eigenvalue weighted by atomic mass is 10.7. The molecule has 0 spiro atoms. The van der Waals surface area contributed by atoms with Crippen molar-refractivity contribution in [1.82, 2.24) is 10.2 Å². The summed E-state index contributed by atoms with van der Waals surface area (Å²) in [5.74, 6) is 0.537. The van der Waals surface area contributed by atoms with Crippen molar-refractivity contribution in [2.45, 2.75) is 0 Å².